The predicted molar refractivity (Wildman–Crippen MR) is 93.4 cm³/mol. The molecule has 0 saturated heterocycles. The summed E-state index contributed by atoms with van der Waals surface area (Å²) in [5.74, 6) is 0. The molecule has 1 heterocycles. The lowest BCUT2D eigenvalue weighted by molar-refractivity contribution is 0.350. The lowest BCUT2D eigenvalue weighted by Crippen LogP contribution is -2.30. The largest absolute Gasteiger partial charge is 0.148 e. The van der Waals surface area contributed by atoms with Gasteiger partial charge in [0.15, 0.2) is 0 Å². The number of hydrogen-bond donors (Lipinski definition) is 0. The second-order valence-electron chi connectivity index (χ2n) is 7.49. The van der Waals surface area contributed by atoms with Crippen LogP contribution in [0, 0.1) is 0 Å². The molecule has 20 heavy (non-hydrogen) atoms. The van der Waals surface area contributed by atoms with Crippen molar-refractivity contribution in [2.75, 3.05) is 0 Å². The van der Waals surface area contributed by atoms with Gasteiger partial charge in [0, 0.05) is 10.3 Å². The van der Waals surface area contributed by atoms with Crippen molar-refractivity contribution >= 4 is 19.4 Å². The predicted octanol–water partition coefficient (Wildman–Crippen LogP) is 6.15. The first-order valence-electron chi connectivity index (χ1n) is 7.97. The van der Waals surface area contributed by atoms with Gasteiger partial charge in [0.05, 0.1) is 8.07 Å². The van der Waals surface area contributed by atoms with Gasteiger partial charge in [-0.2, -0.15) is 0 Å². The fraction of sp³-hybridized carbons (Fsp3) is 0.556. The van der Waals surface area contributed by atoms with Crippen molar-refractivity contribution in [3.8, 4) is 0 Å². The molecule has 1 aromatic rings. The summed E-state index contributed by atoms with van der Waals surface area (Å²) in [7, 11) is -1.11. The molecule has 108 valence electrons. The van der Waals surface area contributed by atoms with Crippen LogP contribution in [-0.2, 0) is 5.41 Å². The molecule has 0 nitrogen and oxygen atoms in total. The lowest BCUT2D eigenvalue weighted by atomic mass is 9.68. The normalized spacial score (nSPS) is 25.8. The maximum Gasteiger partial charge on any atom is 0.0558 e. The van der Waals surface area contributed by atoms with E-state index in [-0.39, 0.29) is 0 Å². The van der Waals surface area contributed by atoms with Gasteiger partial charge in [-0.15, -0.1) is 11.3 Å². The van der Waals surface area contributed by atoms with Crippen molar-refractivity contribution in [3.63, 3.8) is 0 Å². The number of thiophene rings is 1. The van der Waals surface area contributed by atoms with Crippen LogP contribution in [0.5, 0.6) is 0 Å². The van der Waals surface area contributed by atoms with E-state index in [1.54, 1.807) is 10.5 Å². The molecule has 1 aromatic heterocycles. The van der Waals surface area contributed by atoms with Gasteiger partial charge in [0.25, 0.3) is 0 Å². The average Bonchev–Trinajstić information content (AvgIpc) is 3.11. The molecule has 1 fully saturated rings. The summed E-state index contributed by atoms with van der Waals surface area (Å²) in [6, 6.07) is 4.60. The van der Waals surface area contributed by atoms with Gasteiger partial charge in [-0.25, -0.2) is 0 Å². The quantitative estimate of drug-likeness (QED) is 0.587. The Kier molecular flexibility index (Phi) is 3.80. The van der Waals surface area contributed by atoms with E-state index >= 15 is 0 Å². The van der Waals surface area contributed by atoms with Gasteiger partial charge < -0.3 is 0 Å². The zero-order valence-corrected chi connectivity index (χ0v) is 14.8. The lowest BCUT2D eigenvalue weighted by Gasteiger charge is -2.38. The molecule has 0 radical (unpaired) electrons. The second-order valence-corrected chi connectivity index (χ2v) is 13.8. The minimum atomic E-state index is -1.11. The standard InChI is InChI=1S/C18H26SSi/c1-20(2,3)16-10-9-15(14-16)18(11-5-4-6-12-18)17-8-7-13-19-17/h7-10,13-14,16H,4-6,11-12H2,1-3H3. The monoisotopic (exact) mass is 302 g/mol. The van der Waals surface area contributed by atoms with Crippen LogP contribution in [0.25, 0.3) is 0 Å². The molecular weight excluding hydrogens is 276 g/mol. The van der Waals surface area contributed by atoms with Crippen molar-refractivity contribution in [2.45, 2.75) is 62.7 Å². The summed E-state index contributed by atoms with van der Waals surface area (Å²) < 4.78 is 0. The van der Waals surface area contributed by atoms with Crippen LogP contribution in [0.2, 0.25) is 25.2 Å². The molecule has 0 aliphatic heterocycles. The number of rotatable bonds is 3. The Morgan fingerprint density at radius 1 is 1.15 bits per heavy atom. The molecular formula is C18H26SSi. The Hall–Kier alpha value is -0.603. The van der Waals surface area contributed by atoms with Crippen LogP contribution in [0.1, 0.15) is 37.0 Å². The molecule has 1 unspecified atom stereocenters. The highest BCUT2D eigenvalue weighted by atomic mass is 32.1. The third kappa shape index (κ3) is 2.48. The molecule has 0 bridgehead atoms. The molecule has 2 heteroatoms. The van der Waals surface area contributed by atoms with E-state index in [0.717, 1.165) is 5.54 Å². The van der Waals surface area contributed by atoms with E-state index in [1.165, 1.54) is 32.1 Å². The highest BCUT2D eigenvalue weighted by molar-refractivity contribution is 7.10. The topological polar surface area (TPSA) is 0 Å². The molecule has 2 aliphatic rings. The minimum absolute atomic E-state index is 0.345. The maximum atomic E-state index is 2.62. The van der Waals surface area contributed by atoms with Crippen molar-refractivity contribution in [2.24, 2.45) is 0 Å². The summed E-state index contributed by atoms with van der Waals surface area (Å²) >= 11 is 1.96. The Balaban J connectivity index is 1.98. The molecule has 1 atom stereocenters. The number of hydrogen-bond acceptors (Lipinski definition) is 1. The summed E-state index contributed by atoms with van der Waals surface area (Å²) in [4.78, 5) is 1.60. The summed E-state index contributed by atoms with van der Waals surface area (Å²) in [6.07, 6.45) is 14.5. The summed E-state index contributed by atoms with van der Waals surface area (Å²) in [6.45, 7) is 7.46. The Bertz CT molecular complexity index is 510. The second kappa shape index (κ2) is 5.30. The first-order chi connectivity index (χ1) is 9.52. The van der Waals surface area contributed by atoms with Crippen LogP contribution in [0.4, 0.5) is 0 Å². The van der Waals surface area contributed by atoms with Crippen LogP contribution < -0.4 is 0 Å². The van der Waals surface area contributed by atoms with Gasteiger partial charge in [0.1, 0.15) is 0 Å². The first kappa shape index (κ1) is 14.3. The third-order valence-corrected chi connectivity index (χ3v) is 8.53. The number of allylic oxidation sites excluding steroid dienone is 4. The molecule has 0 spiro atoms. The van der Waals surface area contributed by atoms with E-state index in [1.807, 2.05) is 11.3 Å². The fourth-order valence-electron chi connectivity index (χ4n) is 3.75. The van der Waals surface area contributed by atoms with E-state index in [9.17, 15) is 0 Å². The van der Waals surface area contributed by atoms with Crippen LogP contribution in [-0.4, -0.2) is 8.07 Å². The molecule has 0 N–H and O–H groups in total. The Morgan fingerprint density at radius 2 is 1.90 bits per heavy atom. The minimum Gasteiger partial charge on any atom is -0.148 e. The Labute approximate surface area is 128 Å². The van der Waals surface area contributed by atoms with Crippen molar-refractivity contribution in [1.82, 2.24) is 0 Å². The molecule has 0 aromatic carbocycles. The van der Waals surface area contributed by atoms with Gasteiger partial charge in [-0.1, -0.05) is 63.2 Å². The van der Waals surface area contributed by atoms with Crippen molar-refractivity contribution in [3.05, 3.63) is 46.2 Å². The van der Waals surface area contributed by atoms with Gasteiger partial charge in [-0.3, -0.25) is 0 Å². The van der Waals surface area contributed by atoms with Crippen molar-refractivity contribution in [1.29, 1.82) is 0 Å². The van der Waals surface area contributed by atoms with Gasteiger partial charge in [-0.05, 0) is 35.4 Å². The molecule has 1 saturated carbocycles. The highest BCUT2D eigenvalue weighted by Crippen LogP contribution is 2.50. The SMILES string of the molecule is C[Si](C)(C)C1C=CC(C2(c3cccs3)CCCCC2)=C1. The zero-order chi connectivity index (χ0) is 14.2. The fourth-order valence-corrected chi connectivity index (χ4v) is 6.11. The third-order valence-electron chi connectivity index (χ3n) is 5.09. The van der Waals surface area contributed by atoms with Crippen LogP contribution >= 0.6 is 11.3 Å². The smallest absolute Gasteiger partial charge is 0.0558 e. The van der Waals surface area contributed by atoms with Crippen LogP contribution in [0.15, 0.2) is 41.3 Å². The van der Waals surface area contributed by atoms with E-state index < -0.39 is 8.07 Å². The molecule has 0 amide bonds. The van der Waals surface area contributed by atoms with Crippen LogP contribution in [0.3, 0.4) is 0 Å². The van der Waals surface area contributed by atoms with Gasteiger partial charge in [0.2, 0.25) is 0 Å². The van der Waals surface area contributed by atoms with Gasteiger partial charge >= 0.3 is 0 Å². The molecule has 2 aliphatic carbocycles. The average molecular weight is 303 g/mol. The molecule has 3 rings (SSSR count). The summed E-state index contributed by atoms with van der Waals surface area (Å²) in [5.41, 5.74) is 2.71. The van der Waals surface area contributed by atoms with E-state index in [0.29, 0.717) is 5.41 Å². The first-order valence-corrected chi connectivity index (χ1v) is 12.4. The van der Waals surface area contributed by atoms with Crippen molar-refractivity contribution < 1.29 is 0 Å². The zero-order valence-electron chi connectivity index (χ0n) is 13.0. The summed E-state index contributed by atoms with van der Waals surface area (Å²) in [5, 5.41) is 2.25. The van der Waals surface area contributed by atoms with E-state index in [4.69, 9.17) is 0 Å². The Morgan fingerprint density at radius 3 is 2.45 bits per heavy atom. The highest BCUT2D eigenvalue weighted by Gasteiger charge is 2.40. The maximum absolute atomic E-state index is 2.62. The van der Waals surface area contributed by atoms with E-state index in [2.05, 4.69) is 55.4 Å².